The number of ether oxygens (including phenoxy) is 1. The molecule has 0 saturated heterocycles. The molecule has 2 aromatic heterocycles. The van der Waals surface area contributed by atoms with Gasteiger partial charge in [0.25, 0.3) is 5.91 Å². The Labute approximate surface area is 199 Å². The first-order valence-electron chi connectivity index (χ1n) is 10.6. The summed E-state index contributed by atoms with van der Waals surface area (Å²) in [5, 5.41) is 2.37. The van der Waals surface area contributed by atoms with Crippen LogP contribution in [0.5, 0.6) is 0 Å². The Morgan fingerprint density at radius 2 is 1.80 bits per heavy atom. The Kier molecular flexibility index (Phi) is 7.94. The fraction of sp³-hybridized carbons (Fsp3) is 0.304. The van der Waals surface area contributed by atoms with E-state index in [1.165, 1.54) is 29.3 Å². The van der Waals surface area contributed by atoms with Crippen LogP contribution in [0, 0.1) is 0 Å². The molecule has 9 nitrogen and oxygen atoms in total. The zero-order chi connectivity index (χ0) is 25.6. The van der Waals surface area contributed by atoms with E-state index in [-0.39, 0.29) is 18.2 Å². The number of carbonyl (C=O) groups excluding carboxylic acids is 2. The third kappa shape index (κ3) is 6.49. The number of carbonyl (C=O) groups is 2. The molecule has 1 aromatic carbocycles. The minimum Gasteiger partial charge on any atom is -0.450 e. The highest BCUT2D eigenvalue weighted by Crippen LogP contribution is 2.35. The number of pyridine rings is 1. The molecular weight excluding hydrogens is 467 g/mol. The first-order valence-corrected chi connectivity index (χ1v) is 10.6. The molecule has 0 unspecified atom stereocenters. The van der Waals surface area contributed by atoms with Crippen LogP contribution in [-0.4, -0.2) is 60.7 Å². The van der Waals surface area contributed by atoms with Gasteiger partial charge >= 0.3 is 12.3 Å². The molecule has 0 saturated carbocycles. The molecule has 0 bridgehead atoms. The number of benzene rings is 1. The van der Waals surface area contributed by atoms with Gasteiger partial charge in [0, 0.05) is 32.7 Å². The van der Waals surface area contributed by atoms with E-state index in [9.17, 15) is 22.8 Å². The molecule has 2 amide bonds. The SMILES string of the molecule is CCOC(=O)N(C)CCN(C)c1ccc(NC(=O)c2nc(-c3ccccc3)oc2C(F)(F)F)cn1. The van der Waals surface area contributed by atoms with Crippen LogP contribution in [0.4, 0.5) is 29.5 Å². The van der Waals surface area contributed by atoms with E-state index in [0.29, 0.717) is 24.5 Å². The number of aromatic nitrogens is 2. The maximum Gasteiger partial charge on any atom is 0.452 e. The van der Waals surface area contributed by atoms with Gasteiger partial charge in [-0.25, -0.2) is 14.8 Å². The minimum absolute atomic E-state index is 0.174. The normalized spacial score (nSPS) is 11.1. The predicted octanol–water partition coefficient (Wildman–Crippen LogP) is 4.53. The molecule has 0 aliphatic heterocycles. The number of oxazole rings is 1. The van der Waals surface area contributed by atoms with Crippen molar-refractivity contribution in [3.63, 3.8) is 0 Å². The molecule has 0 aliphatic carbocycles. The van der Waals surface area contributed by atoms with Gasteiger partial charge in [-0.15, -0.1) is 0 Å². The molecule has 0 atom stereocenters. The average molecular weight is 491 g/mol. The number of halogens is 3. The number of hydrogen-bond acceptors (Lipinski definition) is 7. The van der Waals surface area contributed by atoms with Gasteiger partial charge in [-0.05, 0) is 31.2 Å². The van der Waals surface area contributed by atoms with Crippen molar-refractivity contribution in [1.82, 2.24) is 14.9 Å². The molecule has 12 heteroatoms. The summed E-state index contributed by atoms with van der Waals surface area (Å²) in [4.78, 5) is 35.5. The Morgan fingerprint density at radius 1 is 1.09 bits per heavy atom. The molecule has 3 aromatic rings. The summed E-state index contributed by atoms with van der Waals surface area (Å²) in [7, 11) is 3.37. The van der Waals surface area contributed by atoms with E-state index >= 15 is 0 Å². The largest absolute Gasteiger partial charge is 0.452 e. The lowest BCUT2D eigenvalue weighted by atomic mass is 10.2. The lowest BCUT2D eigenvalue weighted by Gasteiger charge is -2.22. The second-order valence-corrected chi connectivity index (χ2v) is 7.46. The maximum absolute atomic E-state index is 13.5. The zero-order valence-corrected chi connectivity index (χ0v) is 19.3. The van der Waals surface area contributed by atoms with Gasteiger partial charge in [0.1, 0.15) is 5.82 Å². The topological polar surface area (TPSA) is 101 Å². The van der Waals surface area contributed by atoms with Crippen LogP contribution in [0.3, 0.4) is 0 Å². The molecule has 0 fully saturated rings. The molecule has 2 heterocycles. The molecule has 0 aliphatic rings. The second kappa shape index (κ2) is 10.9. The highest BCUT2D eigenvalue weighted by atomic mass is 19.4. The minimum atomic E-state index is -4.91. The third-order valence-electron chi connectivity index (χ3n) is 4.87. The predicted molar refractivity (Wildman–Crippen MR) is 122 cm³/mol. The van der Waals surface area contributed by atoms with E-state index < -0.39 is 29.6 Å². The monoisotopic (exact) mass is 491 g/mol. The fourth-order valence-electron chi connectivity index (χ4n) is 2.99. The van der Waals surface area contributed by atoms with Gasteiger partial charge in [-0.3, -0.25) is 4.79 Å². The summed E-state index contributed by atoms with van der Waals surface area (Å²) in [6.45, 7) is 2.83. The van der Waals surface area contributed by atoms with Gasteiger partial charge in [0.05, 0.1) is 18.5 Å². The number of amides is 2. The van der Waals surface area contributed by atoms with Crippen LogP contribution >= 0.6 is 0 Å². The summed E-state index contributed by atoms with van der Waals surface area (Å²) in [6.07, 6.45) is -4.04. The van der Waals surface area contributed by atoms with Gasteiger partial charge in [-0.1, -0.05) is 18.2 Å². The highest BCUT2D eigenvalue weighted by Gasteiger charge is 2.42. The third-order valence-corrected chi connectivity index (χ3v) is 4.87. The lowest BCUT2D eigenvalue weighted by Crippen LogP contribution is -2.35. The van der Waals surface area contributed by atoms with Gasteiger partial charge < -0.3 is 24.3 Å². The van der Waals surface area contributed by atoms with Crippen molar-refractivity contribution in [3.05, 3.63) is 60.1 Å². The average Bonchev–Trinajstić information content (AvgIpc) is 3.30. The first kappa shape index (κ1) is 25.5. The van der Waals surface area contributed by atoms with E-state index in [1.54, 1.807) is 50.2 Å². The summed E-state index contributed by atoms with van der Waals surface area (Å²) in [5.41, 5.74) is -0.396. The second-order valence-electron chi connectivity index (χ2n) is 7.46. The molecule has 0 radical (unpaired) electrons. The molecular formula is C23H24F3N5O4. The van der Waals surface area contributed by atoms with Crippen molar-refractivity contribution < 1.29 is 31.9 Å². The van der Waals surface area contributed by atoms with Gasteiger partial charge in [0.2, 0.25) is 11.7 Å². The fourth-order valence-corrected chi connectivity index (χ4v) is 2.99. The van der Waals surface area contributed by atoms with Crippen molar-refractivity contribution in [2.24, 2.45) is 0 Å². The standard InChI is InChI=1S/C23H24F3N5O4/c1-4-34-22(33)31(3)13-12-30(2)17-11-10-16(14-27-17)28-20(32)18-19(23(24,25)26)35-21(29-18)15-8-6-5-7-9-15/h5-11,14H,4,12-13H2,1-3H3,(H,28,32). The van der Waals surface area contributed by atoms with Crippen LogP contribution in [0.15, 0.2) is 53.1 Å². The highest BCUT2D eigenvalue weighted by molar-refractivity contribution is 6.04. The number of hydrogen-bond donors (Lipinski definition) is 1. The van der Waals surface area contributed by atoms with Gasteiger partial charge in [0.15, 0.2) is 5.69 Å². The number of likely N-dealkylation sites (N-methyl/N-ethyl adjacent to an activating group) is 2. The number of rotatable bonds is 8. The van der Waals surface area contributed by atoms with Crippen LogP contribution < -0.4 is 10.2 Å². The zero-order valence-electron chi connectivity index (χ0n) is 19.3. The van der Waals surface area contributed by atoms with Crippen LogP contribution in [0.25, 0.3) is 11.5 Å². The number of alkyl halides is 3. The Bertz CT molecular complexity index is 1150. The molecule has 186 valence electrons. The van der Waals surface area contributed by atoms with Crippen molar-refractivity contribution in [2.45, 2.75) is 13.1 Å². The van der Waals surface area contributed by atoms with E-state index in [2.05, 4.69) is 15.3 Å². The molecule has 35 heavy (non-hydrogen) atoms. The number of nitrogens with zero attached hydrogens (tertiary/aromatic N) is 4. The van der Waals surface area contributed by atoms with Crippen LogP contribution in [-0.2, 0) is 10.9 Å². The number of nitrogens with one attached hydrogen (secondary N) is 1. The summed E-state index contributed by atoms with van der Waals surface area (Å²) >= 11 is 0. The smallest absolute Gasteiger partial charge is 0.450 e. The summed E-state index contributed by atoms with van der Waals surface area (Å²) in [5.74, 6) is -2.35. The lowest BCUT2D eigenvalue weighted by molar-refractivity contribution is -0.153. The quantitative estimate of drug-likeness (QED) is 0.494. The van der Waals surface area contributed by atoms with Crippen molar-refractivity contribution in [3.8, 4) is 11.5 Å². The van der Waals surface area contributed by atoms with Crippen molar-refractivity contribution in [1.29, 1.82) is 0 Å². The van der Waals surface area contributed by atoms with E-state index in [4.69, 9.17) is 9.15 Å². The molecule has 0 spiro atoms. The Morgan fingerprint density at radius 3 is 2.40 bits per heavy atom. The van der Waals surface area contributed by atoms with Gasteiger partial charge in [-0.2, -0.15) is 13.2 Å². The Hall–Kier alpha value is -4.09. The Balaban J connectivity index is 1.69. The van der Waals surface area contributed by atoms with E-state index in [0.717, 1.165) is 0 Å². The number of anilines is 2. The maximum atomic E-state index is 13.5. The van der Waals surface area contributed by atoms with Crippen LogP contribution in [0.2, 0.25) is 0 Å². The molecule has 1 N–H and O–H groups in total. The van der Waals surface area contributed by atoms with Crippen molar-refractivity contribution >= 4 is 23.5 Å². The van der Waals surface area contributed by atoms with E-state index in [1.807, 2.05) is 0 Å². The summed E-state index contributed by atoms with van der Waals surface area (Å²) in [6, 6.07) is 11.1. The van der Waals surface area contributed by atoms with Crippen LogP contribution in [0.1, 0.15) is 23.2 Å². The van der Waals surface area contributed by atoms with Crippen molar-refractivity contribution in [2.75, 3.05) is 44.0 Å². The summed E-state index contributed by atoms with van der Waals surface area (Å²) < 4.78 is 50.2. The first-order chi connectivity index (χ1) is 16.6. The molecule has 3 rings (SSSR count).